The van der Waals surface area contributed by atoms with Gasteiger partial charge in [-0.3, -0.25) is 0 Å². The van der Waals surface area contributed by atoms with Gasteiger partial charge in [0.1, 0.15) is 0 Å². The molecule has 0 atom stereocenters. The summed E-state index contributed by atoms with van der Waals surface area (Å²) >= 11 is 0. The van der Waals surface area contributed by atoms with E-state index in [2.05, 4.69) is 0 Å². The molecule has 8 heavy (non-hydrogen) atoms. The van der Waals surface area contributed by atoms with E-state index in [1.54, 1.807) is 0 Å². The van der Waals surface area contributed by atoms with Gasteiger partial charge in [0.15, 0.2) is 0 Å². The molecule has 0 nitrogen and oxygen atoms in total. The molecule has 0 spiro atoms. The second kappa shape index (κ2) is 1.72. The Kier molecular flexibility index (Phi) is 1.70. The van der Waals surface area contributed by atoms with Crippen molar-refractivity contribution in [2.45, 2.75) is 18.9 Å². The van der Waals surface area contributed by atoms with Gasteiger partial charge in [0.05, 0.1) is 0 Å². The van der Waals surface area contributed by atoms with Crippen molar-refractivity contribution in [2.75, 3.05) is 0 Å². The molecule has 0 unspecified atom stereocenters. The second-order valence-electron chi connectivity index (χ2n) is 1.97. The Morgan fingerprint density at radius 3 is 1.25 bits per heavy atom. The molecule has 0 radical (unpaired) electrons. The second-order valence-corrected chi connectivity index (χ2v) is 5.48. The quantitative estimate of drug-likeness (QED) is 0.279. The summed E-state index contributed by atoms with van der Waals surface area (Å²) in [5.41, 5.74) is 0. The molecular weight excluding hydrogens is 140 g/mol. The van der Waals surface area contributed by atoms with Gasteiger partial charge in [0, 0.05) is 0 Å². The summed E-state index contributed by atoms with van der Waals surface area (Å²) in [6.45, 7) is 1.24. The van der Waals surface area contributed by atoms with E-state index in [-0.39, 0.29) is 0 Å². The maximum atomic E-state index is 11.9. The van der Waals surface area contributed by atoms with E-state index >= 15 is 0 Å². The summed E-state index contributed by atoms with van der Waals surface area (Å²) in [4.78, 5) is 0. The van der Waals surface area contributed by atoms with Crippen molar-refractivity contribution in [2.24, 2.45) is 0 Å². The lowest BCUT2D eigenvalue weighted by molar-refractivity contribution is -0.0628. The van der Waals surface area contributed by atoms with Crippen LogP contribution >= 0.6 is 0 Å². The van der Waals surface area contributed by atoms with Gasteiger partial charge >= 0.3 is 14.2 Å². The smallest absolute Gasteiger partial charge is 0.303 e. The maximum Gasteiger partial charge on any atom is 0.394 e. The molecule has 0 fully saturated rings. The average Bonchev–Trinajstić information content (AvgIpc) is 1.25. The van der Waals surface area contributed by atoms with E-state index in [9.17, 15) is 17.3 Å². The van der Waals surface area contributed by atoms with Crippen molar-refractivity contribution >= 4 is 8.41 Å². The predicted octanol–water partition coefficient (Wildman–Crippen LogP) is 2.26. The standard InChI is InChI=1S/C3H6F4Si/c1-8(2,7)3(4,5)6/h1-2H3. The van der Waals surface area contributed by atoms with Crippen LogP contribution in [0.25, 0.3) is 0 Å². The average molecular weight is 146 g/mol. The van der Waals surface area contributed by atoms with Gasteiger partial charge in [0.25, 0.3) is 0 Å². The molecule has 0 heterocycles. The number of rotatable bonds is 0. The van der Waals surface area contributed by atoms with Gasteiger partial charge in [-0.25, -0.2) is 0 Å². The molecule has 5 heteroatoms. The Balaban J connectivity index is 4.02. The van der Waals surface area contributed by atoms with Crippen molar-refractivity contribution in [3.8, 4) is 0 Å². The first-order chi connectivity index (χ1) is 3.25. The van der Waals surface area contributed by atoms with Gasteiger partial charge in [-0.15, -0.1) is 0 Å². The molecule has 0 aliphatic rings. The predicted molar refractivity (Wildman–Crippen MR) is 24.6 cm³/mol. The van der Waals surface area contributed by atoms with E-state index in [0.29, 0.717) is 13.1 Å². The van der Waals surface area contributed by atoms with Crippen LogP contribution in [0, 0.1) is 0 Å². The summed E-state index contributed by atoms with van der Waals surface area (Å²) in [5, 5.41) is 0. The van der Waals surface area contributed by atoms with Crippen LogP contribution in [0.5, 0.6) is 0 Å². The zero-order valence-electron chi connectivity index (χ0n) is 4.51. The molecule has 0 aromatic carbocycles. The van der Waals surface area contributed by atoms with Crippen LogP contribution in [0.3, 0.4) is 0 Å². The number of hydrogen-bond acceptors (Lipinski definition) is 0. The van der Waals surface area contributed by atoms with Crippen LogP contribution in [-0.4, -0.2) is 14.2 Å². The van der Waals surface area contributed by atoms with Crippen molar-refractivity contribution in [3.05, 3.63) is 0 Å². The van der Waals surface area contributed by atoms with E-state index in [1.807, 2.05) is 0 Å². The third-order valence-electron chi connectivity index (χ3n) is 0.674. The van der Waals surface area contributed by atoms with Crippen LogP contribution in [0.4, 0.5) is 17.3 Å². The molecule has 0 saturated carbocycles. The molecule has 50 valence electrons. The highest BCUT2D eigenvalue weighted by atomic mass is 28.4. The first-order valence-electron chi connectivity index (χ1n) is 2.01. The fourth-order valence-corrected chi connectivity index (χ4v) is 0. The summed E-state index contributed by atoms with van der Waals surface area (Å²) in [5.74, 6) is -4.59. The Hall–Kier alpha value is -0.0631. The van der Waals surface area contributed by atoms with Crippen LogP contribution in [-0.2, 0) is 0 Å². The van der Waals surface area contributed by atoms with E-state index in [1.165, 1.54) is 0 Å². The number of alkyl halides is 3. The minimum atomic E-state index is -4.59. The van der Waals surface area contributed by atoms with Crippen LogP contribution < -0.4 is 0 Å². The van der Waals surface area contributed by atoms with Crippen molar-refractivity contribution in [1.82, 2.24) is 0 Å². The van der Waals surface area contributed by atoms with Gasteiger partial charge < -0.3 is 4.11 Å². The first-order valence-corrected chi connectivity index (χ1v) is 4.88. The molecule has 0 bridgehead atoms. The lowest BCUT2D eigenvalue weighted by atomic mass is 11.5. The number of hydrogen-bond donors (Lipinski definition) is 0. The van der Waals surface area contributed by atoms with Gasteiger partial charge in [-0.05, 0) is 13.1 Å². The SMILES string of the molecule is C[Si](C)(F)C(F)(F)F. The monoisotopic (exact) mass is 146 g/mol. The molecule has 0 amide bonds. The highest BCUT2D eigenvalue weighted by Crippen LogP contribution is 2.28. The molecule has 0 N–H and O–H groups in total. The van der Waals surface area contributed by atoms with Crippen molar-refractivity contribution in [1.29, 1.82) is 0 Å². The van der Waals surface area contributed by atoms with E-state index in [4.69, 9.17) is 0 Å². The topological polar surface area (TPSA) is 0 Å². The molecular formula is C3H6F4Si. The third kappa shape index (κ3) is 1.81. The summed E-state index contributed by atoms with van der Waals surface area (Å²) in [6, 6.07) is 0. The third-order valence-corrected chi connectivity index (χ3v) is 2.02. The highest BCUT2D eigenvalue weighted by Gasteiger charge is 2.51. The molecule has 0 aromatic heterocycles. The van der Waals surface area contributed by atoms with Crippen LogP contribution in [0.15, 0.2) is 0 Å². The normalized spacial score (nSPS) is 14.2. The summed E-state index contributed by atoms with van der Waals surface area (Å²) < 4.78 is 45.7. The lowest BCUT2D eigenvalue weighted by Crippen LogP contribution is -2.39. The fourth-order valence-electron chi connectivity index (χ4n) is 0. The van der Waals surface area contributed by atoms with Gasteiger partial charge in [-0.2, -0.15) is 13.2 Å². The Labute approximate surface area is 45.7 Å². The molecule has 0 aliphatic carbocycles. The van der Waals surface area contributed by atoms with E-state index < -0.39 is 14.2 Å². The van der Waals surface area contributed by atoms with Crippen molar-refractivity contribution in [3.63, 3.8) is 0 Å². The van der Waals surface area contributed by atoms with Gasteiger partial charge in [-0.1, -0.05) is 0 Å². The first kappa shape index (κ1) is 7.94. The Morgan fingerprint density at radius 2 is 1.25 bits per heavy atom. The molecule has 0 aliphatic heterocycles. The summed E-state index contributed by atoms with van der Waals surface area (Å²) in [6.07, 6.45) is 0. The zero-order valence-corrected chi connectivity index (χ0v) is 5.51. The van der Waals surface area contributed by atoms with Crippen molar-refractivity contribution < 1.29 is 17.3 Å². The molecule has 0 saturated heterocycles. The van der Waals surface area contributed by atoms with Gasteiger partial charge in [0.2, 0.25) is 0 Å². The Morgan fingerprint density at radius 1 is 1.12 bits per heavy atom. The van der Waals surface area contributed by atoms with E-state index in [0.717, 1.165) is 0 Å². The maximum absolute atomic E-state index is 11.9. The molecule has 0 aromatic rings. The number of halogens is 4. The highest BCUT2D eigenvalue weighted by molar-refractivity contribution is 6.72. The lowest BCUT2D eigenvalue weighted by Gasteiger charge is -2.13. The minimum absolute atomic E-state index is 0.618. The van der Waals surface area contributed by atoms with Crippen LogP contribution in [0.1, 0.15) is 0 Å². The molecule has 0 rings (SSSR count). The minimum Gasteiger partial charge on any atom is -0.303 e. The fraction of sp³-hybridized carbons (Fsp3) is 1.00. The zero-order chi connectivity index (χ0) is 7.00. The van der Waals surface area contributed by atoms with Crippen LogP contribution in [0.2, 0.25) is 13.1 Å². The summed E-state index contributed by atoms with van der Waals surface area (Å²) in [7, 11) is -4.36. The largest absolute Gasteiger partial charge is 0.394 e. The Bertz CT molecular complexity index is 66.3.